The van der Waals surface area contributed by atoms with Crippen molar-refractivity contribution in [3.8, 4) is 5.75 Å². The lowest BCUT2D eigenvalue weighted by atomic mass is 10.1. The van der Waals surface area contributed by atoms with E-state index >= 15 is 0 Å². The van der Waals surface area contributed by atoms with Gasteiger partial charge in [0, 0.05) is 28.8 Å². The number of fused-ring (bicyclic) bond motifs is 1. The van der Waals surface area contributed by atoms with Crippen LogP contribution in [-0.4, -0.2) is 28.0 Å². The Labute approximate surface area is 203 Å². The molecule has 0 radical (unpaired) electrons. The van der Waals surface area contributed by atoms with E-state index in [-0.39, 0.29) is 22.1 Å². The fourth-order valence-electron chi connectivity index (χ4n) is 3.22. The number of ether oxygens (including phenoxy) is 1. The van der Waals surface area contributed by atoms with Crippen LogP contribution in [0.5, 0.6) is 5.75 Å². The first-order valence-electron chi connectivity index (χ1n) is 9.91. The second-order valence-electron chi connectivity index (χ2n) is 7.15. The molecule has 9 nitrogen and oxygen atoms in total. The second kappa shape index (κ2) is 9.86. The zero-order chi connectivity index (χ0) is 24.2. The number of aromatic nitrogens is 1. The second-order valence-corrected chi connectivity index (χ2v) is 7.99. The van der Waals surface area contributed by atoms with Crippen LogP contribution in [0.15, 0.2) is 65.1 Å². The zero-order valence-electron chi connectivity index (χ0n) is 17.7. The van der Waals surface area contributed by atoms with Crippen LogP contribution in [0.25, 0.3) is 11.1 Å². The first-order valence-corrected chi connectivity index (χ1v) is 10.7. The summed E-state index contributed by atoms with van der Waals surface area (Å²) in [5.74, 6) is 0.000989. The number of nitro benzene ring substituents is 1. The molecular formula is C23H17ClN4O5S. The van der Waals surface area contributed by atoms with Crippen LogP contribution in [0, 0.1) is 10.1 Å². The molecule has 1 heterocycles. The van der Waals surface area contributed by atoms with Gasteiger partial charge in [0.05, 0.1) is 12.0 Å². The summed E-state index contributed by atoms with van der Waals surface area (Å²) in [4.78, 5) is 27.6. The number of benzene rings is 3. The fraction of sp³-hybridized carbons (Fsp3) is 0.0870. The maximum atomic E-state index is 12.5. The third-order valence-electron chi connectivity index (χ3n) is 4.82. The number of methoxy groups -OCH3 is 1. The van der Waals surface area contributed by atoms with Crippen LogP contribution in [0.2, 0.25) is 5.02 Å². The summed E-state index contributed by atoms with van der Waals surface area (Å²) in [6.45, 7) is 0. The number of nitrogens with zero attached hydrogens (tertiary/aromatic N) is 2. The number of amides is 1. The highest BCUT2D eigenvalue weighted by Crippen LogP contribution is 2.27. The van der Waals surface area contributed by atoms with Gasteiger partial charge in [-0.1, -0.05) is 23.7 Å². The molecule has 0 aliphatic rings. The molecule has 4 rings (SSSR count). The van der Waals surface area contributed by atoms with Gasteiger partial charge in [-0.05, 0) is 60.2 Å². The van der Waals surface area contributed by atoms with Gasteiger partial charge in [-0.3, -0.25) is 20.2 Å². The number of halogens is 1. The van der Waals surface area contributed by atoms with Crippen molar-refractivity contribution in [2.75, 3.05) is 12.4 Å². The largest absolute Gasteiger partial charge is 0.490 e. The van der Waals surface area contributed by atoms with Gasteiger partial charge in [0.1, 0.15) is 5.52 Å². The van der Waals surface area contributed by atoms with E-state index in [4.69, 9.17) is 33.0 Å². The molecule has 1 aromatic heterocycles. The highest BCUT2D eigenvalue weighted by molar-refractivity contribution is 7.80. The topological polar surface area (TPSA) is 120 Å². The first kappa shape index (κ1) is 23.1. The maximum Gasteiger partial charge on any atom is 0.311 e. The molecular weight excluding hydrogens is 480 g/mol. The van der Waals surface area contributed by atoms with Gasteiger partial charge in [0.15, 0.2) is 22.3 Å². The van der Waals surface area contributed by atoms with Gasteiger partial charge in [0.2, 0.25) is 0 Å². The summed E-state index contributed by atoms with van der Waals surface area (Å²) in [5.41, 5.74) is 2.57. The summed E-state index contributed by atoms with van der Waals surface area (Å²) < 4.78 is 10.7. The Hall–Kier alpha value is -4.02. The SMILES string of the molecule is COc1ccc(C(=O)NC(=S)Nc2ccc3oc(Cc4ccc(Cl)cc4)nc3c2)cc1[N+](=O)[O-]. The van der Waals surface area contributed by atoms with E-state index in [9.17, 15) is 14.9 Å². The van der Waals surface area contributed by atoms with Gasteiger partial charge in [0.25, 0.3) is 5.91 Å². The van der Waals surface area contributed by atoms with Crippen molar-refractivity contribution >= 4 is 57.3 Å². The van der Waals surface area contributed by atoms with Crippen molar-refractivity contribution < 1.29 is 18.9 Å². The summed E-state index contributed by atoms with van der Waals surface area (Å²) in [5, 5.41) is 17.3. The Bertz CT molecular complexity index is 1400. The molecule has 0 bridgehead atoms. The van der Waals surface area contributed by atoms with Crippen LogP contribution in [0.3, 0.4) is 0 Å². The van der Waals surface area contributed by atoms with E-state index in [1.807, 2.05) is 12.1 Å². The lowest BCUT2D eigenvalue weighted by Gasteiger charge is -2.10. The molecule has 0 fully saturated rings. The minimum Gasteiger partial charge on any atom is -0.490 e. The third-order valence-corrected chi connectivity index (χ3v) is 5.28. The van der Waals surface area contributed by atoms with Crippen LogP contribution in [0.4, 0.5) is 11.4 Å². The molecule has 3 aromatic carbocycles. The molecule has 11 heteroatoms. The predicted octanol–water partition coefficient (Wildman–Crippen LogP) is 5.12. The first-order chi connectivity index (χ1) is 16.3. The number of hydrogen-bond donors (Lipinski definition) is 2. The van der Waals surface area contributed by atoms with Crippen LogP contribution in [0.1, 0.15) is 21.8 Å². The molecule has 0 aliphatic heterocycles. The molecule has 34 heavy (non-hydrogen) atoms. The molecule has 172 valence electrons. The molecule has 0 saturated heterocycles. The van der Waals surface area contributed by atoms with Crippen LogP contribution < -0.4 is 15.4 Å². The average molecular weight is 497 g/mol. The molecule has 0 unspecified atom stereocenters. The van der Waals surface area contributed by atoms with Crippen molar-refractivity contribution in [2.24, 2.45) is 0 Å². The van der Waals surface area contributed by atoms with Gasteiger partial charge in [-0.2, -0.15) is 0 Å². The average Bonchev–Trinajstić information content (AvgIpc) is 3.21. The predicted molar refractivity (Wildman–Crippen MR) is 132 cm³/mol. The summed E-state index contributed by atoms with van der Waals surface area (Å²) in [6.07, 6.45) is 0.511. The summed E-state index contributed by atoms with van der Waals surface area (Å²) in [6, 6.07) is 16.5. The van der Waals surface area contributed by atoms with Gasteiger partial charge >= 0.3 is 5.69 Å². The minimum absolute atomic E-state index is 0.0210. The number of hydrogen-bond acceptors (Lipinski definition) is 7. The fourth-order valence-corrected chi connectivity index (χ4v) is 3.55. The molecule has 2 N–H and O–H groups in total. The lowest BCUT2D eigenvalue weighted by Crippen LogP contribution is -2.34. The Morgan fingerprint density at radius 1 is 1.18 bits per heavy atom. The quantitative estimate of drug-likeness (QED) is 0.214. The van der Waals surface area contributed by atoms with Crippen LogP contribution in [-0.2, 0) is 6.42 Å². The normalized spacial score (nSPS) is 10.6. The minimum atomic E-state index is -0.624. The standard InChI is InChI=1S/C23H17ClN4O5S/c1-32-20-8-4-14(11-18(20)28(30)31)22(29)27-23(34)25-16-7-9-19-17(12-16)26-21(33-19)10-13-2-5-15(24)6-3-13/h2-9,11-12H,10H2,1H3,(H2,25,27,29,34). The van der Waals surface area contributed by atoms with E-state index < -0.39 is 10.8 Å². The highest BCUT2D eigenvalue weighted by atomic mass is 35.5. The van der Waals surface area contributed by atoms with Crippen molar-refractivity contribution in [3.05, 3.63) is 92.8 Å². The Morgan fingerprint density at radius 2 is 1.94 bits per heavy atom. The number of anilines is 1. The smallest absolute Gasteiger partial charge is 0.311 e. The van der Waals surface area contributed by atoms with Crippen molar-refractivity contribution in [1.29, 1.82) is 0 Å². The Kier molecular flexibility index (Phi) is 6.71. The van der Waals surface area contributed by atoms with E-state index in [1.54, 1.807) is 30.3 Å². The highest BCUT2D eigenvalue weighted by Gasteiger charge is 2.19. The lowest BCUT2D eigenvalue weighted by molar-refractivity contribution is -0.385. The molecule has 0 aliphatic carbocycles. The Balaban J connectivity index is 1.43. The van der Waals surface area contributed by atoms with Gasteiger partial charge < -0.3 is 14.5 Å². The van der Waals surface area contributed by atoms with E-state index in [1.165, 1.54) is 19.2 Å². The van der Waals surface area contributed by atoms with Crippen molar-refractivity contribution in [3.63, 3.8) is 0 Å². The van der Waals surface area contributed by atoms with Gasteiger partial charge in [-0.15, -0.1) is 0 Å². The maximum absolute atomic E-state index is 12.5. The third kappa shape index (κ3) is 5.30. The van der Waals surface area contributed by atoms with E-state index in [0.29, 0.717) is 34.1 Å². The number of rotatable bonds is 6. The number of nitrogens with one attached hydrogen (secondary N) is 2. The van der Waals surface area contributed by atoms with Crippen molar-refractivity contribution in [2.45, 2.75) is 6.42 Å². The van der Waals surface area contributed by atoms with E-state index in [0.717, 1.165) is 11.6 Å². The number of oxazole rings is 1. The number of carbonyl (C=O) groups is 1. The molecule has 0 spiro atoms. The van der Waals surface area contributed by atoms with E-state index in [2.05, 4.69) is 15.6 Å². The number of carbonyl (C=O) groups excluding carboxylic acids is 1. The summed E-state index contributed by atoms with van der Waals surface area (Å²) in [7, 11) is 1.31. The van der Waals surface area contributed by atoms with Crippen molar-refractivity contribution in [1.82, 2.24) is 10.3 Å². The number of nitro groups is 1. The summed E-state index contributed by atoms with van der Waals surface area (Å²) >= 11 is 11.1. The molecule has 1 amide bonds. The van der Waals surface area contributed by atoms with Gasteiger partial charge in [-0.25, -0.2) is 4.98 Å². The zero-order valence-corrected chi connectivity index (χ0v) is 19.3. The number of thiocarbonyl (C=S) groups is 1. The molecule has 0 atom stereocenters. The van der Waals surface area contributed by atoms with Crippen LogP contribution >= 0.6 is 23.8 Å². The Morgan fingerprint density at radius 3 is 2.65 bits per heavy atom. The molecule has 0 saturated carbocycles. The monoisotopic (exact) mass is 496 g/mol. The molecule has 4 aromatic rings.